The first-order valence-corrected chi connectivity index (χ1v) is 7.32. The van der Waals surface area contributed by atoms with Gasteiger partial charge in [0, 0.05) is 6.54 Å². The van der Waals surface area contributed by atoms with Crippen molar-refractivity contribution in [3.63, 3.8) is 0 Å². The van der Waals surface area contributed by atoms with Crippen LogP contribution >= 0.6 is 0 Å². The molecule has 0 spiro atoms. The van der Waals surface area contributed by atoms with Crippen LogP contribution in [0.3, 0.4) is 0 Å². The minimum atomic E-state index is -3.47. The van der Waals surface area contributed by atoms with Gasteiger partial charge in [0.25, 0.3) is 0 Å². The molecule has 6 heteroatoms. The molecule has 1 saturated carbocycles. The Kier molecular flexibility index (Phi) is 1.98. The van der Waals surface area contributed by atoms with Gasteiger partial charge in [-0.05, 0) is 24.8 Å². The molecule has 1 amide bonds. The van der Waals surface area contributed by atoms with E-state index >= 15 is 0 Å². The van der Waals surface area contributed by atoms with Crippen LogP contribution in [0.1, 0.15) is 12.8 Å². The Morgan fingerprint density at radius 2 is 2.12 bits per heavy atom. The van der Waals surface area contributed by atoms with Crippen LogP contribution in [0.5, 0.6) is 0 Å². The largest absolute Gasteiger partial charge is 0.304 e. The second kappa shape index (κ2) is 3.07. The molecule has 0 aromatic rings. The summed E-state index contributed by atoms with van der Waals surface area (Å²) in [6.07, 6.45) is 4.99. The van der Waals surface area contributed by atoms with Crippen molar-refractivity contribution in [3.05, 3.63) is 11.8 Å². The first-order chi connectivity index (χ1) is 7.50. The summed E-state index contributed by atoms with van der Waals surface area (Å²) in [7, 11) is -3.47. The molecule has 3 aliphatic rings. The molecular weight excluding hydrogens is 228 g/mol. The van der Waals surface area contributed by atoms with Gasteiger partial charge in [-0.2, -0.15) is 0 Å². The van der Waals surface area contributed by atoms with Crippen LogP contribution in [0.25, 0.3) is 0 Å². The second-order valence-corrected chi connectivity index (χ2v) is 6.57. The highest BCUT2D eigenvalue weighted by atomic mass is 32.2. The SMILES string of the molecule is CS(=O)(=O)N1C(=O)[C@H](C2CC2)[C@H]2NCC=C21. The summed E-state index contributed by atoms with van der Waals surface area (Å²) in [5.41, 5.74) is 0.643. The molecule has 1 aliphatic carbocycles. The van der Waals surface area contributed by atoms with Crippen molar-refractivity contribution >= 4 is 15.9 Å². The fourth-order valence-corrected chi connectivity index (χ4v) is 3.75. The molecule has 0 aromatic heterocycles. The summed E-state index contributed by atoms with van der Waals surface area (Å²) in [5.74, 6) is -0.0322. The monoisotopic (exact) mass is 242 g/mol. The van der Waals surface area contributed by atoms with Crippen molar-refractivity contribution in [1.29, 1.82) is 0 Å². The summed E-state index contributed by atoms with van der Waals surface area (Å²) in [6.45, 7) is 0.655. The molecule has 88 valence electrons. The fraction of sp³-hybridized carbons (Fsp3) is 0.700. The average molecular weight is 242 g/mol. The van der Waals surface area contributed by atoms with E-state index in [0.29, 0.717) is 18.2 Å². The summed E-state index contributed by atoms with van der Waals surface area (Å²) in [5, 5.41) is 3.20. The van der Waals surface area contributed by atoms with Crippen molar-refractivity contribution in [2.24, 2.45) is 11.8 Å². The van der Waals surface area contributed by atoms with Crippen molar-refractivity contribution in [1.82, 2.24) is 9.62 Å². The molecule has 2 heterocycles. The van der Waals surface area contributed by atoms with Crippen molar-refractivity contribution < 1.29 is 13.2 Å². The molecule has 1 saturated heterocycles. The molecule has 3 rings (SSSR count). The predicted molar refractivity (Wildman–Crippen MR) is 57.8 cm³/mol. The fourth-order valence-electron chi connectivity index (χ4n) is 2.73. The summed E-state index contributed by atoms with van der Waals surface area (Å²) in [6, 6.07) is -0.0743. The van der Waals surface area contributed by atoms with Gasteiger partial charge in [0.1, 0.15) is 0 Å². The summed E-state index contributed by atoms with van der Waals surface area (Å²) in [4.78, 5) is 12.1. The van der Waals surface area contributed by atoms with E-state index in [-0.39, 0.29) is 17.9 Å². The maximum Gasteiger partial charge on any atom is 0.245 e. The van der Waals surface area contributed by atoms with Crippen LogP contribution in [0, 0.1) is 11.8 Å². The van der Waals surface area contributed by atoms with E-state index in [4.69, 9.17) is 0 Å². The third-order valence-corrected chi connectivity index (χ3v) is 4.56. The Labute approximate surface area is 94.5 Å². The Morgan fingerprint density at radius 3 is 2.69 bits per heavy atom. The zero-order valence-electron chi connectivity index (χ0n) is 9.01. The molecule has 0 unspecified atom stereocenters. The number of rotatable bonds is 2. The topological polar surface area (TPSA) is 66.5 Å². The lowest BCUT2D eigenvalue weighted by Gasteiger charge is -2.14. The van der Waals surface area contributed by atoms with Crippen LogP contribution in [0.4, 0.5) is 0 Å². The molecule has 0 aromatic carbocycles. The number of amides is 1. The molecule has 2 fully saturated rings. The van der Waals surface area contributed by atoms with Crippen molar-refractivity contribution in [3.8, 4) is 0 Å². The highest BCUT2D eigenvalue weighted by molar-refractivity contribution is 7.89. The van der Waals surface area contributed by atoms with Gasteiger partial charge in [0.2, 0.25) is 15.9 Å². The lowest BCUT2D eigenvalue weighted by Crippen LogP contribution is -2.34. The van der Waals surface area contributed by atoms with Gasteiger partial charge in [-0.15, -0.1) is 0 Å². The number of nitrogens with one attached hydrogen (secondary N) is 1. The van der Waals surface area contributed by atoms with Gasteiger partial charge in [0.05, 0.1) is 23.9 Å². The summed E-state index contributed by atoms with van der Waals surface area (Å²) >= 11 is 0. The van der Waals surface area contributed by atoms with Gasteiger partial charge in [-0.25, -0.2) is 12.7 Å². The number of carbonyl (C=O) groups is 1. The van der Waals surface area contributed by atoms with E-state index in [2.05, 4.69) is 5.32 Å². The smallest absolute Gasteiger partial charge is 0.245 e. The van der Waals surface area contributed by atoms with Gasteiger partial charge in [-0.1, -0.05) is 0 Å². The number of carbonyl (C=O) groups excluding carboxylic acids is 1. The van der Waals surface area contributed by atoms with Crippen LogP contribution in [-0.2, 0) is 14.8 Å². The van der Waals surface area contributed by atoms with E-state index in [9.17, 15) is 13.2 Å². The highest BCUT2D eigenvalue weighted by Crippen LogP contribution is 2.46. The lowest BCUT2D eigenvalue weighted by molar-refractivity contribution is -0.127. The number of sulfonamides is 1. The maximum atomic E-state index is 12.1. The number of hydrogen-bond donors (Lipinski definition) is 1. The molecule has 5 nitrogen and oxygen atoms in total. The van der Waals surface area contributed by atoms with E-state index in [1.54, 1.807) is 0 Å². The van der Waals surface area contributed by atoms with Crippen molar-refractivity contribution in [2.75, 3.05) is 12.8 Å². The van der Waals surface area contributed by atoms with Gasteiger partial charge in [0.15, 0.2) is 0 Å². The average Bonchev–Trinajstić information content (AvgIpc) is 2.78. The standard InChI is InChI=1S/C10H14N2O3S/c1-16(14,15)12-7-4-5-11-9(7)8(10(12)13)6-2-3-6/h4,6,8-9,11H,2-3,5H2,1H3/t8-,9+/m1/s1. The van der Waals surface area contributed by atoms with Gasteiger partial charge >= 0.3 is 0 Å². The number of fused-ring (bicyclic) bond motifs is 1. The quantitative estimate of drug-likeness (QED) is 0.720. The van der Waals surface area contributed by atoms with Crippen LogP contribution < -0.4 is 5.32 Å². The molecule has 2 atom stereocenters. The second-order valence-electron chi connectivity index (χ2n) is 4.74. The Bertz CT molecular complexity index is 478. The molecule has 16 heavy (non-hydrogen) atoms. The molecule has 0 radical (unpaired) electrons. The van der Waals surface area contributed by atoms with Gasteiger partial charge < -0.3 is 5.32 Å². The molecular formula is C10H14N2O3S. The highest BCUT2D eigenvalue weighted by Gasteiger charge is 2.54. The zero-order valence-corrected chi connectivity index (χ0v) is 9.83. The normalized spacial score (nSPS) is 34.2. The molecule has 2 aliphatic heterocycles. The Hall–Kier alpha value is -0.880. The summed E-state index contributed by atoms with van der Waals surface area (Å²) < 4.78 is 24.2. The predicted octanol–water partition coefficient (Wildman–Crippen LogP) is -0.330. The number of nitrogens with zero attached hydrogens (tertiary/aromatic N) is 1. The van der Waals surface area contributed by atoms with E-state index in [1.807, 2.05) is 6.08 Å². The third kappa shape index (κ3) is 1.33. The van der Waals surface area contributed by atoms with Crippen LogP contribution in [-0.4, -0.2) is 37.5 Å². The van der Waals surface area contributed by atoms with E-state index in [0.717, 1.165) is 23.4 Å². The molecule has 0 bridgehead atoms. The van der Waals surface area contributed by atoms with Crippen LogP contribution in [0.2, 0.25) is 0 Å². The van der Waals surface area contributed by atoms with Crippen LogP contribution in [0.15, 0.2) is 11.8 Å². The Balaban J connectivity index is 2.04. The molecule has 1 N–H and O–H groups in total. The zero-order chi connectivity index (χ0) is 11.5. The minimum Gasteiger partial charge on any atom is -0.304 e. The van der Waals surface area contributed by atoms with E-state index in [1.165, 1.54) is 0 Å². The Morgan fingerprint density at radius 1 is 1.44 bits per heavy atom. The first kappa shape index (κ1) is 10.3. The van der Waals surface area contributed by atoms with E-state index < -0.39 is 10.0 Å². The minimum absolute atomic E-state index is 0.0743. The van der Waals surface area contributed by atoms with Gasteiger partial charge in [-0.3, -0.25) is 4.79 Å². The lowest BCUT2D eigenvalue weighted by atomic mass is 9.97. The first-order valence-electron chi connectivity index (χ1n) is 5.48. The third-order valence-electron chi connectivity index (χ3n) is 3.51. The van der Waals surface area contributed by atoms with Crippen molar-refractivity contribution in [2.45, 2.75) is 18.9 Å². The maximum absolute atomic E-state index is 12.1. The number of hydrogen-bond acceptors (Lipinski definition) is 4.